The van der Waals surface area contributed by atoms with E-state index in [0.717, 1.165) is 115 Å². The Morgan fingerprint density at radius 3 is 2.21 bits per heavy atom. The maximum Gasteiger partial charge on any atom is 0.319 e. The highest BCUT2D eigenvalue weighted by Gasteiger charge is 2.41. The highest BCUT2D eigenvalue weighted by atomic mass is 35.5. The lowest BCUT2D eigenvalue weighted by Gasteiger charge is -2.41. The Hall–Kier alpha value is -6.23. The van der Waals surface area contributed by atoms with Crippen molar-refractivity contribution in [2.45, 2.75) is 76.0 Å². The normalized spacial score (nSPS) is 23.4. The Labute approximate surface area is 439 Å². The van der Waals surface area contributed by atoms with Gasteiger partial charge in [0.15, 0.2) is 5.82 Å². The van der Waals surface area contributed by atoms with Gasteiger partial charge in [0.25, 0.3) is 5.91 Å². The first-order valence-corrected chi connectivity index (χ1v) is 27.1. The lowest BCUT2D eigenvalue weighted by atomic mass is 9.94. The molecule has 12 rings (SSSR count). The number of phenols is 1. The number of hydrogen-bond acceptors (Lipinski definition) is 14. The molecule has 19 heteroatoms. The number of aromatic hydroxyl groups is 1. The van der Waals surface area contributed by atoms with Gasteiger partial charge < -0.3 is 39.7 Å². The van der Waals surface area contributed by atoms with E-state index in [2.05, 4.69) is 51.0 Å². The number of halogens is 3. The third kappa shape index (κ3) is 9.82. The highest BCUT2D eigenvalue weighted by molar-refractivity contribution is 6.35. The second-order valence-corrected chi connectivity index (χ2v) is 22.1. The SMILES string of the molecule is C#Cc1c(F)ccc2cc(O)cc(-c3ncc4c(N5CC6CCC(C5)N6)nc(OCCN5CCC(CN6CCN(CC7CCN(c8ccc9c(c8Cl)CN(C8CCC(=O)NC8=O)C9=O)CC7)CC6)CC5)nc4c3F)c12. The number of imide groups is 1. The van der Waals surface area contributed by atoms with Crippen molar-refractivity contribution in [3.63, 3.8) is 0 Å². The second kappa shape index (κ2) is 20.7. The molecule has 5 aromatic rings. The van der Waals surface area contributed by atoms with Gasteiger partial charge >= 0.3 is 6.01 Å². The minimum Gasteiger partial charge on any atom is -0.508 e. The predicted octanol–water partition coefficient (Wildman–Crippen LogP) is 5.79. The number of terminal acetylenes is 1. The van der Waals surface area contributed by atoms with E-state index >= 15 is 8.78 Å². The molecule has 0 saturated carbocycles. The number of carbonyl (C=O) groups excluding carboxylic acids is 3. The Balaban J connectivity index is 0.619. The van der Waals surface area contributed by atoms with Gasteiger partial charge in [0.05, 0.1) is 21.7 Å². The lowest BCUT2D eigenvalue weighted by molar-refractivity contribution is -0.136. The standard InChI is InChI=1S/C56H62ClF2N11O5/c1-2-39-44(58)7-3-35-25-38(71)26-41(48(35)39)51-50(59)52-42(27-60-51)53(69-30-36-4-5-37(31-69)61-36)64-56(63-52)75-24-23-65-15-11-33(12-16-65)28-66-19-21-67(22-20-66)29-34-13-17-68(18-14-34)45-8-6-40-43(49(45)57)32-70(55(40)74)46-9-10-47(72)62-54(46)73/h1,3,6-8,25-27,33-34,36-37,46,61,71H,4-5,9-24,28-32H2,(H,62,72,73). The van der Waals surface area contributed by atoms with Gasteiger partial charge in [-0.2, -0.15) is 9.97 Å². The van der Waals surface area contributed by atoms with E-state index in [-0.39, 0.29) is 64.3 Å². The number of anilines is 2. The monoisotopic (exact) mass is 1040 g/mol. The molecule has 7 aliphatic rings. The third-order valence-electron chi connectivity index (χ3n) is 17.0. The molecule has 3 unspecified atom stereocenters. The van der Waals surface area contributed by atoms with Crippen molar-refractivity contribution in [1.29, 1.82) is 0 Å². The van der Waals surface area contributed by atoms with Gasteiger partial charge in [0.1, 0.15) is 41.2 Å². The minimum absolute atomic E-state index is 0.0335. The van der Waals surface area contributed by atoms with Crippen molar-refractivity contribution in [2.24, 2.45) is 11.8 Å². The molecule has 6 saturated heterocycles. The van der Waals surface area contributed by atoms with Crippen LogP contribution in [0.1, 0.15) is 72.9 Å². The molecule has 0 radical (unpaired) electrons. The molecule has 16 nitrogen and oxygen atoms in total. The fourth-order valence-corrected chi connectivity index (χ4v) is 13.3. The summed E-state index contributed by atoms with van der Waals surface area (Å²) in [6, 6.07) is 9.36. The van der Waals surface area contributed by atoms with Crippen molar-refractivity contribution in [2.75, 3.05) is 101 Å². The van der Waals surface area contributed by atoms with E-state index in [4.69, 9.17) is 27.7 Å². The molecular formula is C56H62ClF2N11O5. The van der Waals surface area contributed by atoms with Crippen molar-refractivity contribution in [3.8, 4) is 35.4 Å². The number of aromatic nitrogens is 3. The van der Waals surface area contributed by atoms with E-state index in [1.54, 1.807) is 11.1 Å². The number of nitrogens with one attached hydrogen (secondary N) is 2. The van der Waals surface area contributed by atoms with E-state index in [1.165, 1.54) is 24.3 Å². The molecule has 9 heterocycles. The fourth-order valence-electron chi connectivity index (χ4n) is 13.0. The van der Waals surface area contributed by atoms with Gasteiger partial charge in [-0.1, -0.05) is 23.6 Å². The number of likely N-dealkylation sites (tertiary alicyclic amines) is 1. The molecule has 0 spiro atoms. The zero-order valence-corrected chi connectivity index (χ0v) is 42.8. The predicted molar refractivity (Wildman–Crippen MR) is 282 cm³/mol. The Kier molecular flexibility index (Phi) is 13.7. The first-order valence-electron chi connectivity index (χ1n) is 26.7. The summed E-state index contributed by atoms with van der Waals surface area (Å²) in [5.41, 5.74) is 2.30. The Bertz CT molecular complexity index is 3100. The summed E-state index contributed by atoms with van der Waals surface area (Å²) in [6.07, 6.45) is 14.3. The maximum atomic E-state index is 17.0. The fraction of sp³-hybridized carbons (Fsp3) is 0.500. The highest BCUT2D eigenvalue weighted by Crippen LogP contribution is 2.41. The van der Waals surface area contributed by atoms with E-state index < -0.39 is 23.6 Å². The molecule has 75 heavy (non-hydrogen) atoms. The number of nitrogens with zero attached hydrogens (tertiary/aromatic N) is 9. The average Bonchev–Trinajstić information content (AvgIpc) is 3.94. The van der Waals surface area contributed by atoms with E-state index in [9.17, 15) is 19.5 Å². The lowest BCUT2D eigenvalue weighted by Crippen LogP contribution is -2.52. The molecule has 7 aliphatic heterocycles. The van der Waals surface area contributed by atoms with Crippen molar-refractivity contribution in [3.05, 3.63) is 75.9 Å². The minimum atomic E-state index is -0.734. The van der Waals surface area contributed by atoms with Gasteiger partial charge in [0, 0.05) is 125 Å². The summed E-state index contributed by atoms with van der Waals surface area (Å²) < 4.78 is 38.3. The number of piperazine rings is 2. The number of rotatable bonds is 12. The molecule has 0 aliphatic carbocycles. The van der Waals surface area contributed by atoms with Crippen LogP contribution in [0, 0.1) is 35.8 Å². The zero-order chi connectivity index (χ0) is 51.5. The number of carbonyl (C=O) groups is 3. The number of benzene rings is 3. The van der Waals surface area contributed by atoms with Gasteiger partial charge in [-0.15, -0.1) is 6.42 Å². The van der Waals surface area contributed by atoms with E-state index in [0.29, 0.717) is 83.8 Å². The Morgan fingerprint density at radius 2 is 1.52 bits per heavy atom. The summed E-state index contributed by atoms with van der Waals surface area (Å²) in [5.74, 6) is 1.78. The first kappa shape index (κ1) is 49.6. The number of amides is 3. The quantitative estimate of drug-likeness (QED) is 0.102. The van der Waals surface area contributed by atoms with Crippen LogP contribution in [-0.4, -0.2) is 167 Å². The van der Waals surface area contributed by atoms with Gasteiger partial charge in [-0.3, -0.25) is 29.6 Å². The first-order chi connectivity index (χ1) is 36.4. The molecule has 3 amide bonds. The van der Waals surface area contributed by atoms with Crippen LogP contribution in [0.4, 0.5) is 20.3 Å². The van der Waals surface area contributed by atoms with Crippen LogP contribution >= 0.6 is 11.6 Å². The average molecular weight is 1040 g/mol. The number of ether oxygens (including phenoxy) is 1. The van der Waals surface area contributed by atoms with Crippen LogP contribution < -0.4 is 25.2 Å². The summed E-state index contributed by atoms with van der Waals surface area (Å²) >= 11 is 7.00. The second-order valence-electron chi connectivity index (χ2n) is 21.7. The molecular weight excluding hydrogens is 980 g/mol. The van der Waals surface area contributed by atoms with E-state index in [1.807, 2.05) is 12.1 Å². The number of piperidine rings is 3. The number of fused-ring (bicyclic) bond motifs is 5. The molecule has 2 aromatic heterocycles. The number of hydrogen-bond donors (Lipinski definition) is 3. The third-order valence-corrected chi connectivity index (χ3v) is 17.5. The van der Waals surface area contributed by atoms with Gasteiger partial charge in [0.2, 0.25) is 11.8 Å². The molecule has 392 valence electrons. The molecule has 2 bridgehead atoms. The van der Waals surface area contributed by atoms with Gasteiger partial charge in [-0.05, 0) is 106 Å². The number of pyridine rings is 1. The summed E-state index contributed by atoms with van der Waals surface area (Å²) in [7, 11) is 0. The van der Waals surface area contributed by atoms with Crippen LogP contribution in [0.5, 0.6) is 11.8 Å². The van der Waals surface area contributed by atoms with Crippen LogP contribution in [0.15, 0.2) is 42.6 Å². The molecule has 3 aromatic carbocycles. The van der Waals surface area contributed by atoms with Crippen molar-refractivity contribution < 1.29 is 33.0 Å². The summed E-state index contributed by atoms with van der Waals surface area (Å²) in [5, 5.41) is 18.5. The smallest absolute Gasteiger partial charge is 0.319 e. The number of phenolic OH excluding ortho intramolecular Hbond substituents is 1. The van der Waals surface area contributed by atoms with Crippen LogP contribution in [0.2, 0.25) is 5.02 Å². The molecule has 3 N–H and O–H groups in total. The Morgan fingerprint density at radius 1 is 0.813 bits per heavy atom. The largest absolute Gasteiger partial charge is 0.508 e. The maximum absolute atomic E-state index is 17.0. The van der Waals surface area contributed by atoms with Crippen LogP contribution in [0.25, 0.3) is 32.9 Å². The van der Waals surface area contributed by atoms with Crippen LogP contribution in [0.3, 0.4) is 0 Å². The molecule has 3 atom stereocenters. The van der Waals surface area contributed by atoms with Crippen molar-refractivity contribution >= 4 is 62.5 Å². The van der Waals surface area contributed by atoms with Gasteiger partial charge in [-0.25, -0.2) is 8.78 Å². The summed E-state index contributed by atoms with van der Waals surface area (Å²) in [4.78, 5) is 65.4. The van der Waals surface area contributed by atoms with Crippen LogP contribution in [-0.2, 0) is 16.1 Å². The zero-order valence-electron chi connectivity index (χ0n) is 42.0. The van der Waals surface area contributed by atoms with Crippen molar-refractivity contribution in [1.82, 2.24) is 45.2 Å². The summed E-state index contributed by atoms with van der Waals surface area (Å²) in [6.45, 7) is 12.9. The molecule has 6 fully saturated rings. The topological polar surface area (TPSA) is 163 Å².